The van der Waals surface area contributed by atoms with Crippen molar-refractivity contribution >= 4 is 5.57 Å². The number of ether oxygens (including phenoxy) is 1. The Hall–Kier alpha value is -1.24. The molecule has 0 saturated heterocycles. The predicted octanol–water partition coefficient (Wildman–Crippen LogP) is 4.53. The van der Waals surface area contributed by atoms with Crippen LogP contribution in [-0.2, 0) is 0 Å². The summed E-state index contributed by atoms with van der Waals surface area (Å²) in [7, 11) is 1.71. The smallest absolute Gasteiger partial charge is 0.119 e. The zero-order valence-electron chi connectivity index (χ0n) is 10.8. The summed E-state index contributed by atoms with van der Waals surface area (Å²) in [4.78, 5) is 0. The van der Waals surface area contributed by atoms with Crippen molar-refractivity contribution in [2.24, 2.45) is 5.92 Å². The molecule has 0 spiro atoms. The first kappa shape index (κ1) is 12.8. The molecule has 1 fully saturated rings. The first-order chi connectivity index (χ1) is 7.79. The van der Waals surface area contributed by atoms with Gasteiger partial charge in [0.15, 0.2) is 0 Å². The molecule has 0 N–H and O–H groups in total. The van der Waals surface area contributed by atoms with E-state index in [1.165, 1.54) is 24.0 Å². The van der Waals surface area contributed by atoms with E-state index >= 15 is 0 Å². The summed E-state index contributed by atoms with van der Waals surface area (Å²) in [6.45, 7) is 6.17. The van der Waals surface area contributed by atoms with Gasteiger partial charge in [-0.25, -0.2) is 0 Å². The fourth-order valence-electron chi connectivity index (χ4n) is 1.58. The van der Waals surface area contributed by atoms with E-state index in [0.29, 0.717) is 0 Å². The Morgan fingerprint density at radius 1 is 1.31 bits per heavy atom. The predicted molar refractivity (Wildman–Crippen MR) is 70.7 cm³/mol. The summed E-state index contributed by atoms with van der Waals surface area (Å²) in [5.74, 6) is 1.77. The van der Waals surface area contributed by atoms with Crippen LogP contribution in [0, 0.1) is 5.92 Å². The molecular formula is C15H22O. The van der Waals surface area contributed by atoms with Crippen molar-refractivity contribution < 1.29 is 4.74 Å². The van der Waals surface area contributed by atoms with Gasteiger partial charge in [-0.3, -0.25) is 0 Å². The maximum atomic E-state index is 5.20. The first-order valence-electron chi connectivity index (χ1n) is 6.12. The number of hydrogen-bond acceptors (Lipinski definition) is 1. The zero-order chi connectivity index (χ0) is 12.0. The Morgan fingerprint density at radius 2 is 2.00 bits per heavy atom. The molecule has 0 aromatic heterocycles. The normalized spacial score (nSPS) is 15.1. The minimum Gasteiger partial charge on any atom is -0.497 e. The van der Waals surface area contributed by atoms with Gasteiger partial charge in [-0.2, -0.15) is 0 Å². The average Bonchev–Trinajstić information content (AvgIpc) is 3.15. The molecule has 1 aliphatic carbocycles. The van der Waals surface area contributed by atoms with Crippen molar-refractivity contribution in [3.63, 3.8) is 0 Å². The highest BCUT2D eigenvalue weighted by Gasteiger charge is 2.18. The number of methoxy groups -OCH3 is 1. The maximum absolute atomic E-state index is 5.20. The van der Waals surface area contributed by atoms with E-state index < -0.39 is 0 Å². The van der Waals surface area contributed by atoms with Crippen LogP contribution in [-0.4, -0.2) is 7.11 Å². The van der Waals surface area contributed by atoms with Crippen LogP contribution in [0.2, 0.25) is 0 Å². The highest BCUT2D eigenvalue weighted by Crippen LogP contribution is 2.33. The topological polar surface area (TPSA) is 9.23 Å². The van der Waals surface area contributed by atoms with Gasteiger partial charge >= 0.3 is 0 Å². The standard InChI is InChI=1S/C13H16O.C2H6/c1-10(8-11-6-7-11)12-4-3-5-13(9-12)14-2;1-2/h3-5,8-9,11H,6-7H2,1-2H3;1-2H3/b10-8-;. The molecule has 16 heavy (non-hydrogen) atoms. The molecule has 0 atom stereocenters. The van der Waals surface area contributed by atoms with Crippen molar-refractivity contribution in [1.82, 2.24) is 0 Å². The van der Waals surface area contributed by atoms with E-state index in [-0.39, 0.29) is 0 Å². The largest absolute Gasteiger partial charge is 0.497 e. The molecule has 1 saturated carbocycles. The first-order valence-corrected chi connectivity index (χ1v) is 6.12. The summed E-state index contributed by atoms with van der Waals surface area (Å²) in [5.41, 5.74) is 2.64. The lowest BCUT2D eigenvalue weighted by molar-refractivity contribution is 0.414. The van der Waals surface area contributed by atoms with E-state index in [2.05, 4.69) is 25.1 Å². The molecule has 2 rings (SSSR count). The van der Waals surface area contributed by atoms with Gasteiger partial charge in [-0.1, -0.05) is 32.1 Å². The van der Waals surface area contributed by atoms with Crippen LogP contribution in [0.5, 0.6) is 5.75 Å². The van der Waals surface area contributed by atoms with Crippen LogP contribution in [0.1, 0.15) is 39.2 Å². The Balaban J connectivity index is 0.000000606. The third kappa shape index (κ3) is 3.73. The third-order valence-corrected chi connectivity index (χ3v) is 2.63. The lowest BCUT2D eigenvalue weighted by atomic mass is 10.1. The number of benzene rings is 1. The van der Waals surface area contributed by atoms with E-state index in [1.54, 1.807) is 7.11 Å². The molecule has 0 aliphatic heterocycles. The molecule has 0 heterocycles. The van der Waals surface area contributed by atoms with Crippen LogP contribution in [0.25, 0.3) is 5.57 Å². The van der Waals surface area contributed by atoms with Crippen LogP contribution in [0.3, 0.4) is 0 Å². The van der Waals surface area contributed by atoms with Gasteiger partial charge in [0, 0.05) is 0 Å². The van der Waals surface area contributed by atoms with Gasteiger partial charge in [0.25, 0.3) is 0 Å². The molecule has 88 valence electrons. The second kappa shape index (κ2) is 6.37. The number of hydrogen-bond donors (Lipinski definition) is 0. The Bertz CT molecular complexity index is 348. The zero-order valence-corrected chi connectivity index (χ0v) is 10.8. The van der Waals surface area contributed by atoms with Gasteiger partial charge < -0.3 is 4.74 Å². The minimum absolute atomic E-state index is 0.834. The quantitative estimate of drug-likeness (QED) is 0.724. The minimum atomic E-state index is 0.834. The van der Waals surface area contributed by atoms with Gasteiger partial charge in [0.2, 0.25) is 0 Å². The molecule has 1 nitrogen and oxygen atoms in total. The van der Waals surface area contributed by atoms with Crippen LogP contribution >= 0.6 is 0 Å². The molecular weight excluding hydrogens is 196 g/mol. The average molecular weight is 218 g/mol. The molecule has 0 unspecified atom stereocenters. The maximum Gasteiger partial charge on any atom is 0.119 e. The summed E-state index contributed by atoms with van der Waals surface area (Å²) in [5, 5.41) is 0. The summed E-state index contributed by atoms with van der Waals surface area (Å²) in [6.07, 6.45) is 5.09. The molecule has 1 heteroatoms. The fourth-order valence-corrected chi connectivity index (χ4v) is 1.58. The summed E-state index contributed by atoms with van der Waals surface area (Å²) >= 11 is 0. The van der Waals surface area contributed by atoms with Crippen LogP contribution < -0.4 is 4.74 Å². The van der Waals surface area contributed by atoms with E-state index in [1.807, 2.05) is 26.0 Å². The molecule has 1 aromatic rings. The molecule has 1 aliphatic rings. The van der Waals surface area contributed by atoms with E-state index in [9.17, 15) is 0 Å². The second-order valence-corrected chi connectivity index (χ2v) is 3.92. The van der Waals surface area contributed by atoms with Crippen LogP contribution in [0.4, 0.5) is 0 Å². The van der Waals surface area contributed by atoms with Crippen molar-refractivity contribution in [3.8, 4) is 5.75 Å². The third-order valence-electron chi connectivity index (χ3n) is 2.63. The van der Waals surface area contributed by atoms with Gasteiger partial charge in [0.1, 0.15) is 5.75 Å². The SMILES string of the molecule is CC.COc1cccc(/C(C)=C\C2CC2)c1. The highest BCUT2D eigenvalue weighted by atomic mass is 16.5. The molecule has 0 radical (unpaired) electrons. The Kier molecular flexibility index (Phi) is 5.10. The summed E-state index contributed by atoms with van der Waals surface area (Å²) in [6, 6.07) is 8.25. The van der Waals surface area contributed by atoms with Gasteiger partial charge in [0.05, 0.1) is 7.11 Å². The number of allylic oxidation sites excluding steroid dienone is 2. The van der Waals surface area contributed by atoms with Crippen LogP contribution in [0.15, 0.2) is 30.3 Å². The fraction of sp³-hybridized carbons (Fsp3) is 0.467. The molecule has 0 bridgehead atoms. The second-order valence-electron chi connectivity index (χ2n) is 3.92. The van der Waals surface area contributed by atoms with Crippen molar-refractivity contribution in [1.29, 1.82) is 0 Å². The highest BCUT2D eigenvalue weighted by molar-refractivity contribution is 5.65. The van der Waals surface area contributed by atoms with E-state index in [4.69, 9.17) is 4.74 Å². The number of rotatable bonds is 3. The Labute approximate surface area is 99.1 Å². The lowest BCUT2D eigenvalue weighted by Gasteiger charge is -2.04. The monoisotopic (exact) mass is 218 g/mol. The van der Waals surface area contributed by atoms with Crippen molar-refractivity contribution in [2.45, 2.75) is 33.6 Å². The molecule has 0 amide bonds. The van der Waals surface area contributed by atoms with E-state index in [0.717, 1.165) is 11.7 Å². The van der Waals surface area contributed by atoms with Gasteiger partial charge in [-0.15, -0.1) is 0 Å². The summed E-state index contributed by atoms with van der Waals surface area (Å²) < 4.78 is 5.20. The molecule has 1 aromatic carbocycles. The lowest BCUT2D eigenvalue weighted by Crippen LogP contribution is -1.85. The Morgan fingerprint density at radius 3 is 2.56 bits per heavy atom. The van der Waals surface area contributed by atoms with Crippen molar-refractivity contribution in [2.75, 3.05) is 7.11 Å². The van der Waals surface area contributed by atoms with Crippen molar-refractivity contribution in [3.05, 3.63) is 35.9 Å². The van der Waals surface area contributed by atoms with Gasteiger partial charge in [-0.05, 0) is 49.0 Å².